The number of nitrogens with zero attached hydrogens (tertiary/aromatic N) is 2. The number of carboxylic acids is 1. The van der Waals surface area contributed by atoms with Crippen molar-refractivity contribution in [3.05, 3.63) is 47.9 Å². The number of pyridine rings is 1. The lowest BCUT2D eigenvalue weighted by atomic mass is 10.3. The lowest BCUT2D eigenvalue weighted by Crippen LogP contribution is -2.12. The molecule has 0 saturated heterocycles. The zero-order chi connectivity index (χ0) is 12.1. The van der Waals surface area contributed by atoms with Crippen LogP contribution in [0.15, 0.2) is 35.1 Å². The van der Waals surface area contributed by atoms with Crippen molar-refractivity contribution in [3.8, 4) is 0 Å². The van der Waals surface area contributed by atoms with Crippen molar-refractivity contribution in [1.29, 1.82) is 0 Å². The minimum Gasteiger partial charge on any atom is -0.475 e. The first-order valence-corrected chi connectivity index (χ1v) is 5.03. The minimum atomic E-state index is -1.11. The zero-order valence-electron chi connectivity index (χ0n) is 8.96. The van der Waals surface area contributed by atoms with Crippen LogP contribution in [0, 0.1) is 0 Å². The highest BCUT2D eigenvalue weighted by atomic mass is 16.4. The van der Waals surface area contributed by atoms with Crippen LogP contribution in [-0.4, -0.2) is 21.0 Å². The lowest BCUT2D eigenvalue weighted by Gasteiger charge is -2.00. The van der Waals surface area contributed by atoms with Gasteiger partial charge in [0.2, 0.25) is 11.7 Å². The van der Waals surface area contributed by atoms with Gasteiger partial charge in [0.05, 0.1) is 12.7 Å². The fraction of sp³-hybridized carbons (Fsp3) is 0.182. The molecule has 88 valence electrons. The van der Waals surface area contributed by atoms with E-state index < -0.39 is 5.97 Å². The monoisotopic (exact) mass is 233 g/mol. The molecule has 2 rings (SSSR count). The molecule has 0 bridgehead atoms. The topological polar surface area (TPSA) is 88.2 Å². The fourth-order valence-electron chi connectivity index (χ4n) is 1.31. The normalized spacial score (nSPS) is 10.4. The fourth-order valence-corrected chi connectivity index (χ4v) is 1.31. The van der Waals surface area contributed by atoms with Crippen LogP contribution in [-0.2, 0) is 13.1 Å². The molecule has 0 aromatic carbocycles. The summed E-state index contributed by atoms with van der Waals surface area (Å²) < 4.78 is 4.99. The standard InChI is InChI=1S/C11H11N3O3/c15-11(16)9-6-14-10(17-9)7-13-5-8-2-1-3-12-4-8/h1-4,6,13H,5,7H2,(H,15,16). The van der Waals surface area contributed by atoms with Crippen molar-refractivity contribution in [2.24, 2.45) is 0 Å². The quantitative estimate of drug-likeness (QED) is 0.802. The van der Waals surface area contributed by atoms with E-state index in [1.807, 2.05) is 12.1 Å². The second-order valence-corrected chi connectivity index (χ2v) is 3.39. The SMILES string of the molecule is O=C(O)c1cnc(CNCc2cccnc2)o1. The van der Waals surface area contributed by atoms with Gasteiger partial charge in [0.1, 0.15) is 0 Å². The van der Waals surface area contributed by atoms with Gasteiger partial charge >= 0.3 is 5.97 Å². The second kappa shape index (κ2) is 5.22. The van der Waals surface area contributed by atoms with Crippen LogP contribution in [0.5, 0.6) is 0 Å². The van der Waals surface area contributed by atoms with Crippen molar-refractivity contribution in [2.45, 2.75) is 13.1 Å². The molecule has 2 aromatic rings. The van der Waals surface area contributed by atoms with E-state index in [9.17, 15) is 4.79 Å². The van der Waals surface area contributed by atoms with Gasteiger partial charge in [0.25, 0.3) is 0 Å². The molecule has 0 atom stereocenters. The third-order valence-corrected chi connectivity index (χ3v) is 2.09. The summed E-state index contributed by atoms with van der Waals surface area (Å²) in [5.41, 5.74) is 1.04. The number of carbonyl (C=O) groups is 1. The highest BCUT2D eigenvalue weighted by Crippen LogP contribution is 2.03. The van der Waals surface area contributed by atoms with Gasteiger partial charge in [-0.2, -0.15) is 0 Å². The van der Waals surface area contributed by atoms with Crippen LogP contribution in [0.25, 0.3) is 0 Å². The maximum Gasteiger partial charge on any atom is 0.373 e. The predicted octanol–water partition coefficient (Wildman–Crippen LogP) is 1.06. The number of rotatable bonds is 5. The highest BCUT2D eigenvalue weighted by molar-refractivity contribution is 5.83. The van der Waals surface area contributed by atoms with Gasteiger partial charge < -0.3 is 14.8 Å². The maximum atomic E-state index is 10.5. The number of aromatic nitrogens is 2. The molecule has 2 aromatic heterocycles. The molecule has 0 radical (unpaired) electrons. The smallest absolute Gasteiger partial charge is 0.373 e. The van der Waals surface area contributed by atoms with E-state index in [4.69, 9.17) is 9.52 Å². The van der Waals surface area contributed by atoms with Gasteiger partial charge in [-0.1, -0.05) is 6.07 Å². The van der Waals surface area contributed by atoms with Crippen molar-refractivity contribution in [2.75, 3.05) is 0 Å². The molecule has 0 saturated carbocycles. The Morgan fingerprint density at radius 2 is 2.29 bits per heavy atom. The van der Waals surface area contributed by atoms with Crippen molar-refractivity contribution in [1.82, 2.24) is 15.3 Å². The number of carboxylic acid groups (broad SMARTS) is 1. The molecule has 17 heavy (non-hydrogen) atoms. The van der Waals surface area contributed by atoms with Gasteiger partial charge in [0.15, 0.2) is 0 Å². The molecule has 0 fully saturated rings. The van der Waals surface area contributed by atoms with Crippen LogP contribution in [0.3, 0.4) is 0 Å². The Morgan fingerprint density at radius 3 is 2.94 bits per heavy atom. The van der Waals surface area contributed by atoms with E-state index in [1.54, 1.807) is 12.4 Å². The predicted molar refractivity (Wildman–Crippen MR) is 58.2 cm³/mol. The molecule has 0 aliphatic rings. The van der Waals surface area contributed by atoms with E-state index in [-0.39, 0.29) is 5.76 Å². The molecular weight excluding hydrogens is 222 g/mol. The van der Waals surface area contributed by atoms with E-state index in [1.165, 1.54) is 6.20 Å². The summed E-state index contributed by atoms with van der Waals surface area (Å²) in [4.78, 5) is 18.4. The third-order valence-electron chi connectivity index (χ3n) is 2.09. The van der Waals surface area contributed by atoms with Crippen molar-refractivity contribution < 1.29 is 14.3 Å². The first-order chi connectivity index (χ1) is 8.25. The van der Waals surface area contributed by atoms with Crippen LogP contribution >= 0.6 is 0 Å². The average Bonchev–Trinajstić information content (AvgIpc) is 2.79. The molecule has 0 amide bonds. The Labute approximate surface area is 97.3 Å². The zero-order valence-corrected chi connectivity index (χ0v) is 8.96. The average molecular weight is 233 g/mol. The molecule has 2 N–H and O–H groups in total. The Bertz CT molecular complexity index is 496. The number of aromatic carboxylic acids is 1. The van der Waals surface area contributed by atoms with Crippen molar-refractivity contribution >= 4 is 5.97 Å². The van der Waals surface area contributed by atoms with Gasteiger partial charge in [-0.05, 0) is 11.6 Å². The summed E-state index contributed by atoms with van der Waals surface area (Å²) in [5, 5.41) is 11.7. The Kier molecular flexibility index (Phi) is 3.46. The summed E-state index contributed by atoms with van der Waals surface area (Å²) in [7, 11) is 0. The summed E-state index contributed by atoms with van der Waals surface area (Å²) in [6, 6.07) is 3.79. The van der Waals surface area contributed by atoms with E-state index >= 15 is 0 Å². The molecular formula is C11H11N3O3. The first-order valence-electron chi connectivity index (χ1n) is 5.03. The molecule has 2 heterocycles. The molecule has 6 nitrogen and oxygen atoms in total. The Hall–Kier alpha value is -2.21. The number of oxazole rings is 1. The molecule has 0 unspecified atom stereocenters. The first kappa shape index (κ1) is 11.3. The van der Waals surface area contributed by atoms with Crippen LogP contribution in [0.1, 0.15) is 22.0 Å². The minimum absolute atomic E-state index is 0.150. The molecule has 0 spiro atoms. The summed E-state index contributed by atoms with van der Waals surface area (Å²) in [6.45, 7) is 1.00. The summed E-state index contributed by atoms with van der Waals surface area (Å²) in [5.74, 6) is -0.912. The Balaban J connectivity index is 1.84. The molecule has 6 heteroatoms. The number of nitrogens with one attached hydrogen (secondary N) is 1. The van der Waals surface area contributed by atoms with Gasteiger partial charge in [-0.25, -0.2) is 9.78 Å². The summed E-state index contributed by atoms with van der Waals surface area (Å²) in [6.07, 6.45) is 4.66. The Morgan fingerprint density at radius 1 is 1.41 bits per heavy atom. The van der Waals surface area contributed by atoms with Crippen LogP contribution in [0.2, 0.25) is 0 Å². The maximum absolute atomic E-state index is 10.5. The van der Waals surface area contributed by atoms with Gasteiger partial charge in [-0.3, -0.25) is 4.98 Å². The van der Waals surface area contributed by atoms with Crippen molar-refractivity contribution in [3.63, 3.8) is 0 Å². The number of hydrogen-bond donors (Lipinski definition) is 2. The molecule has 0 aliphatic heterocycles. The largest absolute Gasteiger partial charge is 0.475 e. The third kappa shape index (κ3) is 3.12. The van der Waals surface area contributed by atoms with Crippen LogP contribution < -0.4 is 5.32 Å². The molecule has 0 aliphatic carbocycles. The van der Waals surface area contributed by atoms with E-state index in [0.29, 0.717) is 19.0 Å². The van der Waals surface area contributed by atoms with Crippen LogP contribution in [0.4, 0.5) is 0 Å². The summed E-state index contributed by atoms with van der Waals surface area (Å²) >= 11 is 0. The van der Waals surface area contributed by atoms with Gasteiger partial charge in [-0.15, -0.1) is 0 Å². The lowest BCUT2D eigenvalue weighted by molar-refractivity contribution is 0.0660. The van der Waals surface area contributed by atoms with Gasteiger partial charge in [0, 0.05) is 18.9 Å². The highest BCUT2D eigenvalue weighted by Gasteiger charge is 2.09. The second-order valence-electron chi connectivity index (χ2n) is 3.39. The number of hydrogen-bond acceptors (Lipinski definition) is 5. The van der Waals surface area contributed by atoms with E-state index in [2.05, 4.69) is 15.3 Å². The van der Waals surface area contributed by atoms with E-state index in [0.717, 1.165) is 5.56 Å².